The molecule has 0 saturated carbocycles. The van der Waals surface area contributed by atoms with Crippen LogP contribution in [0.25, 0.3) is 0 Å². The summed E-state index contributed by atoms with van der Waals surface area (Å²) in [5.74, 6) is 0. The number of nitrogens with zero attached hydrogens (tertiary/aromatic N) is 2. The maximum Gasteiger partial charge on any atom is 0.257 e. The summed E-state index contributed by atoms with van der Waals surface area (Å²) in [7, 11) is -1.40. The second-order valence-corrected chi connectivity index (χ2v) is 5.98. The van der Waals surface area contributed by atoms with Gasteiger partial charge in [-0.3, -0.25) is 5.10 Å². The van der Waals surface area contributed by atoms with E-state index < -0.39 is 10.0 Å². The summed E-state index contributed by atoms with van der Waals surface area (Å²) in [6.45, 7) is 5.51. The summed E-state index contributed by atoms with van der Waals surface area (Å²) in [6.07, 6.45) is 2.20. The van der Waals surface area contributed by atoms with Crippen LogP contribution in [0.1, 0.15) is 20.3 Å². The standard InChI is InChI=1S/C10H20N4O2S/c1-9(2)14(3)8-4-6-12-17(15,16)10-5-7-11-13-10/h5,7,9,12H,4,6,8H2,1-3H3,(H,11,13). The van der Waals surface area contributed by atoms with Gasteiger partial charge in [0.2, 0.25) is 0 Å². The van der Waals surface area contributed by atoms with Crippen molar-refractivity contribution in [2.24, 2.45) is 0 Å². The van der Waals surface area contributed by atoms with Crippen LogP contribution in [0.3, 0.4) is 0 Å². The van der Waals surface area contributed by atoms with E-state index in [0.717, 1.165) is 13.0 Å². The Labute approximate surface area is 102 Å². The fourth-order valence-electron chi connectivity index (χ4n) is 1.26. The van der Waals surface area contributed by atoms with Crippen LogP contribution in [-0.4, -0.2) is 49.7 Å². The lowest BCUT2D eigenvalue weighted by Crippen LogP contribution is -2.31. The molecule has 0 saturated heterocycles. The fraction of sp³-hybridized carbons (Fsp3) is 0.700. The van der Waals surface area contributed by atoms with Crippen LogP contribution < -0.4 is 4.72 Å². The number of H-pyrrole nitrogens is 1. The van der Waals surface area contributed by atoms with E-state index in [4.69, 9.17) is 0 Å². The Morgan fingerprint density at radius 1 is 1.53 bits per heavy atom. The molecular weight excluding hydrogens is 240 g/mol. The molecule has 0 atom stereocenters. The summed E-state index contributed by atoms with van der Waals surface area (Å²) >= 11 is 0. The predicted molar refractivity (Wildman–Crippen MR) is 66.2 cm³/mol. The average Bonchev–Trinajstić information content (AvgIpc) is 2.77. The molecule has 0 bridgehead atoms. The molecule has 0 unspecified atom stereocenters. The Morgan fingerprint density at radius 3 is 2.76 bits per heavy atom. The highest BCUT2D eigenvalue weighted by molar-refractivity contribution is 7.89. The van der Waals surface area contributed by atoms with Crippen LogP contribution in [-0.2, 0) is 10.0 Å². The van der Waals surface area contributed by atoms with E-state index in [2.05, 4.69) is 33.7 Å². The van der Waals surface area contributed by atoms with Gasteiger partial charge in [0.05, 0.1) is 6.20 Å². The molecule has 17 heavy (non-hydrogen) atoms. The normalized spacial score (nSPS) is 12.5. The highest BCUT2D eigenvalue weighted by atomic mass is 32.2. The minimum absolute atomic E-state index is 0.106. The molecule has 2 N–H and O–H groups in total. The van der Waals surface area contributed by atoms with Crippen molar-refractivity contribution in [3.05, 3.63) is 12.3 Å². The first-order valence-corrected chi connectivity index (χ1v) is 7.11. The smallest absolute Gasteiger partial charge is 0.257 e. The molecule has 1 heterocycles. The zero-order valence-electron chi connectivity index (χ0n) is 10.5. The topological polar surface area (TPSA) is 78.1 Å². The Bertz CT molecular complexity index is 414. The van der Waals surface area contributed by atoms with Gasteiger partial charge in [-0.25, -0.2) is 13.1 Å². The zero-order valence-corrected chi connectivity index (χ0v) is 11.3. The summed E-state index contributed by atoms with van der Waals surface area (Å²) < 4.78 is 25.9. The van der Waals surface area contributed by atoms with Crippen molar-refractivity contribution >= 4 is 10.0 Å². The molecule has 0 spiro atoms. The van der Waals surface area contributed by atoms with Crippen LogP contribution in [0.4, 0.5) is 0 Å². The Hall–Kier alpha value is -0.920. The first-order chi connectivity index (χ1) is 7.93. The van der Waals surface area contributed by atoms with Gasteiger partial charge in [0.25, 0.3) is 10.0 Å². The lowest BCUT2D eigenvalue weighted by atomic mass is 10.3. The zero-order chi connectivity index (χ0) is 12.9. The number of aromatic amines is 1. The molecule has 1 aromatic heterocycles. The minimum atomic E-state index is -3.42. The molecule has 0 aliphatic heterocycles. The number of hydrogen-bond acceptors (Lipinski definition) is 4. The Balaban J connectivity index is 2.32. The van der Waals surface area contributed by atoms with Gasteiger partial charge in [-0.1, -0.05) is 0 Å². The molecule has 0 amide bonds. The van der Waals surface area contributed by atoms with Crippen LogP contribution in [0.5, 0.6) is 0 Å². The number of nitrogens with one attached hydrogen (secondary N) is 2. The highest BCUT2D eigenvalue weighted by Gasteiger charge is 2.14. The molecule has 0 aliphatic carbocycles. The maximum atomic E-state index is 11.7. The number of hydrogen-bond donors (Lipinski definition) is 2. The van der Waals surface area contributed by atoms with Gasteiger partial charge in [0.1, 0.15) is 0 Å². The maximum absolute atomic E-state index is 11.7. The van der Waals surface area contributed by atoms with E-state index >= 15 is 0 Å². The summed E-state index contributed by atoms with van der Waals surface area (Å²) in [5, 5.41) is 6.16. The molecule has 6 nitrogen and oxygen atoms in total. The van der Waals surface area contributed by atoms with E-state index in [0.29, 0.717) is 12.6 Å². The monoisotopic (exact) mass is 260 g/mol. The fourth-order valence-corrected chi connectivity index (χ4v) is 2.25. The molecule has 1 aromatic rings. The second-order valence-electron chi connectivity index (χ2n) is 4.25. The van der Waals surface area contributed by atoms with Crippen molar-refractivity contribution in [2.45, 2.75) is 31.3 Å². The van der Waals surface area contributed by atoms with Crippen LogP contribution >= 0.6 is 0 Å². The number of rotatable bonds is 7. The lowest BCUT2D eigenvalue weighted by molar-refractivity contribution is 0.271. The molecule has 98 valence electrons. The van der Waals surface area contributed by atoms with Crippen LogP contribution in [0, 0.1) is 0 Å². The van der Waals surface area contributed by atoms with Gasteiger partial charge in [0, 0.05) is 12.6 Å². The van der Waals surface area contributed by atoms with Crippen LogP contribution in [0.2, 0.25) is 0 Å². The largest absolute Gasteiger partial charge is 0.304 e. The van der Waals surface area contributed by atoms with Crippen molar-refractivity contribution in [3.8, 4) is 0 Å². The molecule has 7 heteroatoms. The van der Waals surface area contributed by atoms with Gasteiger partial charge >= 0.3 is 0 Å². The minimum Gasteiger partial charge on any atom is -0.304 e. The first-order valence-electron chi connectivity index (χ1n) is 5.63. The summed E-state index contributed by atoms with van der Waals surface area (Å²) in [4.78, 5) is 2.17. The van der Waals surface area contributed by atoms with Gasteiger partial charge in [0.15, 0.2) is 5.03 Å². The van der Waals surface area contributed by atoms with Crippen molar-refractivity contribution < 1.29 is 8.42 Å². The summed E-state index contributed by atoms with van der Waals surface area (Å²) in [5.41, 5.74) is 0. The van der Waals surface area contributed by atoms with E-state index in [1.165, 1.54) is 12.3 Å². The average molecular weight is 260 g/mol. The molecule has 0 aromatic carbocycles. The van der Waals surface area contributed by atoms with E-state index in [9.17, 15) is 8.42 Å². The van der Waals surface area contributed by atoms with Gasteiger partial charge in [-0.15, -0.1) is 0 Å². The molecule has 1 rings (SSSR count). The molecule has 0 radical (unpaired) electrons. The summed E-state index contributed by atoms with van der Waals surface area (Å²) in [6, 6.07) is 1.90. The van der Waals surface area contributed by atoms with Gasteiger partial charge in [-0.05, 0) is 39.9 Å². The number of sulfonamides is 1. The second kappa shape index (κ2) is 6.13. The molecule has 0 aliphatic rings. The predicted octanol–water partition coefficient (Wildman–Crippen LogP) is 0.418. The van der Waals surface area contributed by atoms with Crippen molar-refractivity contribution in [1.82, 2.24) is 19.8 Å². The SMILES string of the molecule is CC(C)N(C)CCCNS(=O)(=O)c1ccn[nH]1. The number of aromatic nitrogens is 2. The highest BCUT2D eigenvalue weighted by Crippen LogP contribution is 2.02. The Morgan fingerprint density at radius 2 is 2.24 bits per heavy atom. The molecule has 0 fully saturated rings. The van der Waals surface area contributed by atoms with E-state index in [-0.39, 0.29) is 5.03 Å². The lowest BCUT2D eigenvalue weighted by Gasteiger charge is -2.20. The van der Waals surface area contributed by atoms with Crippen molar-refractivity contribution in [2.75, 3.05) is 20.1 Å². The third-order valence-electron chi connectivity index (χ3n) is 2.63. The van der Waals surface area contributed by atoms with Gasteiger partial charge in [-0.2, -0.15) is 5.10 Å². The third kappa shape index (κ3) is 4.45. The van der Waals surface area contributed by atoms with Crippen molar-refractivity contribution in [1.29, 1.82) is 0 Å². The van der Waals surface area contributed by atoms with Crippen LogP contribution in [0.15, 0.2) is 17.3 Å². The quantitative estimate of drug-likeness (QED) is 0.696. The molecular formula is C10H20N4O2S. The van der Waals surface area contributed by atoms with E-state index in [1.807, 2.05) is 7.05 Å². The Kier molecular flexibility index (Phi) is 5.10. The van der Waals surface area contributed by atoms with Crippen molar-refractivity contribution in [3.63, 3.8) is 0 Å². The third-order valence-corrected chi connectivity index (χ3v) is 4.02. The van der Waals surface area contributed by atoms with E-state index in [1.54, 1.807) is 0 Å². The first kappa shape index (κ1) is 14.1. The van der Waals surface area contributed by atoms with Gasteiger partial charge < -0.3 is 4.90 Å².